The normalized spacial score (nSPS) is 20.6. The average molecular weight is 497 g/mol. The van der Waals surface area contributed by atoms with E-state index in [4.69, 9.17) is 27.6 Å². The van der Waals surface area contributed by atoms with E-state index >= 15 is 0 Å². The van der Waals surface area contributed by atoms with Crippen molar-refractivity contribution in [1.82, 2.24) is 19.5 Å². The Labute approximate surface area is 206 Å². The number of imidazole rings is 1. The van der Waals surface area contributed by atoms with Gasteiger partial charge in [-0.3, -0.25) is 9.36 Å². The summed E-state index contributed by atoms with van der Waals surface area (Å²) in [6.07, 6.45) is 8.92. The quantitative estimate of drug-likeness (QED) is 0.445. The number of benzene rings is 1. The molecule has 2 aromatic heterocycles. The molecule has 4 N–H and O–H groups in total. The average Bonchev–Trinajstić information content (AvgIpc) is 3.48. The Morgan fingerprint density at radius 3 is 2.57 bits per heavy atom. The van der Waals surface area contributed by atoms with Crippen molar-refractivity contribution in [3.63, 3.8) is 0 Å². The van der Waals surface area contributed by atoms with Crippen LogP contribution in [0.25, 0.3) is 11.2 Å². The molecular formula is C24H26ClFN8O. The summed E-state index contributed by atoms with van der Waals surface area (Å²) in [4.78, 5) is 25.6. The lowest BCUT2D eigenvalue weighted by atomic mass is 9.85. The maximum absolute atomic E-state index is 14.8. The van der Waals surface area contributed by atoms with Gasteiger partial charge in [-0.15, -0.1) is 0 Å². The predicted molar refractivity (Wildman–Crippen MR) is 131 cm³/mol. The highest BCUT2D eigenvalue weighted by atomic mass is 35.5. The van der Waals surface area contributed by atoms with Crippen LogP contribution in [-0.2, 0) is 4.79 Å². The fraction of sp³-hybridized carbons (Fsp3) is 0.458. The van der Waals surface area contributed by atoms with Gasteiger partial charge in [0.25, 0.3) is 0 Å². The summed E-state index contributed by atoms with van der Waals surface area (Å²) in [5.41, 5.74) is 6.87. The number of halogens is 2. The number of carbonyl (C=O) groups is 1. The first-order valence-electron chi connectivity index (χ1n) is 11.9. The number of hydrogen-bond acceptors (Lipinski definition) is 7. The topological polar surface area (TPSA) is 135 Å². The largest absolute Gasteiger partial charge is 0.369 e. The summed E-state index contributed by atoms with van der Waals surface area (Å²) in [6, 6.07) is 4.75. The van der Waals surface area contributed by atoms with Gasteiger partial charge < -0.3 is 16.4 Å². The molecule has 0 spiro atoms. The number of hydrogen-bond donors (Lipinski definition) is 3. The SMILES string of the molecule is N#Cc1cc(F)c(Nc2nc3cnc(NC4CCCC4)nc3n2[C@H]2CC[C@@H](C(N)=O)CC2)c(Cl)c1. The second-order valence-corrected chi connectivity index (χ2v) is 9.70. The third kappa shape index (κ3) is 4.73. The summed E-state index contributed by atoms with van der Waals surface area (Å²) in [5, 5.41) is 15.6. The molecule has 0 bridgehead atoms. The van der Waals surface area contributed by atoms with Gasteiger partial charge in [0.05, 0.1) is 28.5 Å². The predicted octanol–water partition coefficient (Wildman–Crippen LogP) is 4.81. The number of nitrogens with zero attached hydrogens (tertiary/aromatic N) is 5. The van der Waals surface area contributed by atoms with E-state index < -0.39 is 5.82 Å². The van der Waals surface area contributed by atoms with Crippen molar-refractivity contribution in [3.8, 4) is 6.07 Å². The highest BCUT2D eigenvalue weighted by Crippen LogP contribution is 2.38. The zero-order valence-electron chi connectivity index (χ0n) is 19.1. The fourth-order valence-electron chi connectivity index (χ4n) is 5.13. The number of amides is 1. The molecule has 2 fully saturated rings. The highest BCUT2D eigenvalue weighted by molar-refractivity contribution is 6.33. The second kappa shape index (κ2) is 9.66. The first-order chi connectivity index (χ1) is 16.9. The van der Waals surface area contributed by atoms with E-state index in [1.807, 2.05) is 10.6 Å². The molecule has 0 saturated heterocycles. The van der Waals surface area contributed by atoms with Crippen LogP contribution in [0.5, 0.6) is 0 Å². The summed E-state index contributed by atoms with van der Waals surface area (Å²) in [5.74, 6) is -0.184. The smallest absolute Gasteiger partial charge is 0.224 e. The van der Waals surface area contributed by atoms with Crippen LogP contribution in [0.1, 0.15) is 63.0 Å². The maximum Gasteiger partial charge on any atom is 0.224 e. The van der Waals surface area contributed by atoms with Crippen molar-refractivity contribution in [2.45, 2.75) is 63.5 Å². The van der Waals surface area contributed by atoms with Crippen LogP contribution < -0.4 is 16.4 Å². The molecule has 2 saturated carbocycles. The van der Waals surface area contributed by atoms with Crippen LogP contribution >= 0.6 is 11.6 Å². The van der Waals surface area contributed by atoms with Crippen molar-refractivity contribution in [3.05, 3.63) is 34.7 Å². The lowest BCUT2D eigenvalue weighted by Gasteiger charge is -2.29. The van der Waals surface area contributed by atoms with Gasteiger partial charge in [0.15, 0.2) is 5.65 Å². The minimum atomic E-state index is -0.653. The molecule has 2 aliphatic rings. The Morgan fingerprint density at radius 1 is 1.17 bits per heavy atom. The Kier molecular flexibility index (Phi) is 6.43. The third-order valence-electron chi connectivity index (χ3n) is 6.99. The van der Waals surface area contributed by atoms with Gasteiger partial charge in [0, 0.05) is 18.0 Å². The van der Waals surface area contributed by atoms with Crippen LogP contribution in [0.3, 0.4) is 0 Å². The number of primary amides is 1. The number of nitrogens with two attached hydrogens (primary N) is 1. The van der Waals surface area contributed by atoms with E-state index in [1.165, 1.54) is 18.9 Å². The van der Waals surface area contributed by atoms with E-state index in [0.717, 1.165) is 18.9 Å². The van der Waals surface area contributed by atoms with Crippen molar-refractivity contribution in [1.29, 1.82) is 5.26 Å². The zero-order valence-corrected chi connectivity index (χ0v) is 19.9. The number of nitriles is 1. The summed E-state index contributed by atoms with van der Waals surface area (Å²) in [7, 11) is 0. The van der Waals surface area contributed by atoms with Crippen LogP contribution in [0.4, 0.5) is 22.0 Å². The van der Waals surface area contributed by atoms with Gasteiger partial charge in [-0.1, -0.05) is 24.4 Å². The lowest BCUT2D eigenvalue weighted by molar-refractivity contribution is -0.122. The molecule has 1 aromatic carbocycles. The van der Waals surface area contributed by atoms with E-state index in [9.17, 15) is 9.18 Å². The Balaban J connectivity index is 1.54. The molecule has 0 unspecified atom stereocenters. The van der Waals surface area contributed by atoms with Gasteiger partial charge in [-0.25, -0.2) is 14.4 Å². The molecule has 35 heavy (non-hydrogen) atoms. The Bertz CT molecular complexity index is 1280. The van der Waals surface area contributed by atoms with E-state index in [2.05, 4.69) is 20.6 Å². The van der Waals surface area contributed by atoms with Gasteiger partial charge in [0.2, 0.25) is 17.8 Å². The standard InChI is InChI=1S/C24H26ClFN8O/c25-17-9-13(11-27)10-18(26)20(17)32-24-31-19-12-29-23(30-15-3-1-2-4-15)33-22(19)34(24)16-7-5-14(6-8-16)21(28)35/h9-10,12,14-16H,1-8H2,(H2,28,35)(H,31,32)(H,29,30,33)/t14-,16+. The molecule has 3 aromatic rings. The second-order valence-electron chi connectivity index (χ2n) is 9.29. The molecule has 1 amide bonds. The summed E-state index contributed by atoms with van der Waals surface area (Å²) in [6.45, 7) is 0. The molecule has 0 atom stereocenters. The van der Waals surface area contributed by atoms with Crippen molar-refractivity contribution < 1.29 is 9.18 Å². The number of aromatic nitrogens is 4. The number of carbonyl (C=O) groups excluding carboxylic acids is 1. The van der Waals surface area contributed by atoms with Gasteiger partial charge in [-0.2, -0.15) is 10.2 Å². The van der Waals surface area contributed by atoms with E-state index in [-0.39, 0.29) is 34.1 Å². The van der Waals surface area contributed by atoms with Crippen LogP contribution in [0.15, 0.2) is 18.3 Å². The van der Waals surface area contributed by atoms with Crippen LogP contribution in [0, 0.1) is 23.1 Å². The van der Waals surface area contributed by atoms with Gasteiger partial charge in [0.1, 0.15) is 11.3 Å². The van der Waals surface area contributed by atoms with Gasteiger partial charge in [-0.05, 0) is 50.7 Å². The molecule has 2 heterocycles. The molecule has 0 radical (unpaired) electrons. The number of fused-ring (bicyclic) bond motifs is 1. The minimum Gasteiger partial charge on any atom is -0.369 e. The summed E-state index contributed by atoms with van der Waals surface area (Å²) < 4.78 is 16.8. The molecule has 9 nitrogen and oxygen atoms in total. The molecular weight excluding hydrogens is 471 g/mol. The van der Waals surface area contributed by atoms with Crippen molar-refractivity contribution >= 4 is 46.3 Å². The zero-order chi connectivity index (χ0) is 24.5. The molecule has 2 aliphatic carbocycles. The van der Waals surface area contributed by atoms with E-state index in [1.54, 1.807) is 6.20 Å². The maximum atomic E-state index is 14.8. The minimum absolute atomic E-state index is 0.0208. The molecule has 5 rings (SSSR count). The summed E-state index contributed by atoms with van der Waals surface area (Å²) >= 11 is 6.29. The third-order valence-corrected chi connectivity index (χ3v) is 7.29. The van der Waals surface area contributed by atoms with Gasteiger partial charge >= 0.3 is 0 Å². The lowest BCUT2D eigenvalue weighted by Crippen LogP contribution is -2.29. The number of anilines is 3. The van der Waals surface area contributed by atoms with Crippen LogP contribution in [-0.4, -0.2) is 31.5 Å². The van der Waals surface area contributed by atoms with Crippen molar-refractivity contribution in [2.75, 3.05) is 10.6 Å². The van der Waals surface area contributed by atoms with E-state index in [0.29, 0.717) is 54.8 Å². The molecule has 182 valence electrons. The Morgan fingerprint density at radius 2 is 1.91 bits per heavy atom. The van der Waals surface area contributed by atoms with Crippen LogP contribution in [0.2, 0.25) is 5.02 Å². The highest BCUT2D eigenvalue weighted by Gasteiger charge is 2.30. The number of nitrogens with one attached hydrogen (secondary N) is 2. The first kappa shape index (κ1) is 23.3. The molecule has 11 heteroatoms. The fourth-order valence-corrected chi connectivity index (χ4v) is 5.39. The van der Waals surface area contributed by atoms with Crippen molar-refractivity contribution in [2.24, 2.45) is 11.7 Å². The number of rotatable bonds is 6. The Hall–Kier alpha value is -3.45. The monoisotopic (exact) mass is 496 g/mol. The first-order valence-corrected chi connectivity index (χ1v) is 12.3. The molecule has 0 aliphatic heterocycles.